The average Bonchev–Trinajstić information content (AvgIpc) is 3.27. The first-order valence-corrected chi connectivity index (χ1v) is 23.8. The molecule has 31 heteroatoms. The molecule has 303 valence electrons. The lowest BCUT2D eigenvalue weighted by molar-refractivity contribution is -0.106. The molecule has 2 aliphatic heterocycles. The Morgan fingerprint density at radius 3 is 1.38 bits per heavy atom. The number of aromatic hydroxyl groups is 1. The fourth-order valence-corrected chi connectivity index (χ4v) is 7.83. The second-order valence-electron chi connectivity index (χ2n) is 15.7. The predicted octanol–water partition coefficient (Wildman–Crippen LogP) is 0.653. The summed E-state index contributed by atoms with van der Waals surface area (Å²) in [6, 6.07) is 22.8. The molecule has 0 spiro atoms. The number of phenolic OH excluding ortho intramolecular Hbond substituents is 1. The summed E-state index contributed by atoms with van der Waals surface area (Å²) in [5, 5.41) is 8.87. The Hall–Kier alpha value is -0.711. The van der Waals surface area contributed by atoms with Crippen LogP contribution in [0, 0.1) is 0 Å². The first-order chi connectivity index (χ1) is 31.1. The molecule has 0 aromatic heterocycles. The molecular weight excluding hydrogens is 918 g/mol. The third-order valence-corrected chi connectivity index (χ3v) is 11.7. The van der Waals surface area contributed by atoms with Crippen LogP contribution < -0.4 is 14.9 Å². The molecule has 0 bridgehead atoms. The van der Waals surface area contributed by atoms with E-state index in [9.17, 15) is 0 Å². The number of rotatable bonds is 20. The first kappa shape index (κ1) is 60.4. The van der Waals surface area contributed by atoms with E-state index in [2.05, 4.69) is 45.7 Å². The maximum Gasteiger partial charge on any atom is 0.497 e. The van der Waals surface area contributed by atoms with Gasteiger partial charge in [-0.1, -0.05) is 56.3 Å². The van der Waals surface area contributed by atoms with Crippen LogP contribution in [0.5, 0.6) is 17.2 Å². The molecule has 2 heterocycles. The zero-order valence-electron chi connectivity index (χ0n) is 37.9. The zero-order valence-corrected chi connectivity index (χ0v) is 41.1. The summed E-state index contributed by atoms with van der Waals surface area (Å²) in [6.07, 6.45) is 1.44. The minimum absolute atomic E-state index is 0.0672. The Morgan fingerprint density at radius 1 is 0.585 bits per heavy atom. The van der Waals surface area contributed by atoms with Crippen molar-refractivity contribution >= 4 is 194 Å². The van der Waals surface area contributed by atoms with Crippen molar-refractivity contribution in [2.75, 3.05) is 26.4 Å². The summed E-state index contributed by atoms with van der Waals surface area (Å²) in [7, 11) is 64.4. The van der Waals surface area contributed by atoms with E-state index in [0.717, 1.165) is 84.1 Å². The maximum atomic E-state index is 8.87. The Morgan fingerprint density at radius 2 is 1.02 bits per heavy atom. The Balaban J connectivity index is 0.000000313. The number of phenols is 1. The van der Waals surface area contributed by atoms with Crippen LogP contribution in [0.3, 0.4) is 0 Å². The number of benzene rings is 3. The smallest absolute Gasteiger partial charge is 0.497 e. The zero-order chi connectivity index (χ0) is 48.3. The van der Waals surface area contributed by atoms with Gasteiger partial charge in [0.15, 0.2) is 12.6 Å². The van der Waals surface area contributed by atoms with Crippen LogP contribution in [-0.4, -0.2) is 201 Å². The lowest BCUT2D eigenvalue weighted by atomic mass is 8.38. The van der Waals surface area contributed by atoms with Gasteiger partial charge in [-0.25, -0.2) is 0 Å². The van der Waals surface area contributed by atoms with Gasteiger partial charge in [-0.2, -0.15) is 0 Å². The van der Waals surface area contributed by atoms with Crippen molar-refractivity contribution in [3.63, 3.8) is 0 Å². The summed E-state index contributed by atoms with van der Waals surface area (Å²) >= 11 is 6.59. The van der Waals surface area contributed by atoms with Gasteiger partial charge in [-0.05, 0) is 101 Å². The Bertz CT molecular complexity index is 1630. The average molecular weight is 963 g/mol. The van der Waals surface area contributed by atoms with Crippen LogP contribution >= 0.6 is 31.9 Å². The van der Waals surface area contributed by atoms with E-state index in [1.807, 2.05) is 54.6 Å². The minimum Gasteiger partial charge on any atom is -0.507 e. The Labute approximate surface area is 427 Å². The van der Waals surface area contributed by atoms with E-state index in [4.69, 9.17) is 118 Å². The summed E-state index contributed by atoms with van der Waals surface area (Å²) in [5.41, 5.74) is 0.943. The highest BCUT2D eigenvalue weighted by Crippen LogP contribution is 2.27. The number of ether oxygens (including phenoxy) is 4. The van der Waals surface area contributed by atoms with Crippen LogP contribution in [0.1, 0.15) is 65.2 Å². The van der Waals surface area contributed by atoms with E-state index in [1.54, 1.807) is 18.2 Å². The second-order valence-corrected chi connectivity index (χ2v) is 17.4. The molecule has 3 aromatic carbocycles. The van der Waals surface area contributed by atoms with Gasteiger partial charge in [0, 0.05) is 181 Å². The molecule has 0 amide bonds. The van der Waals surface area contributed by atoms with Crippen molar-refractivity contribution in [2.24, 2.45) is 0 Å². The van der Waals surface area contributed by atoms with Crippen molar-refractivity contribution in [3.05, 3.63) is 81.7 Å². The molecule has 7 nitrogen and oxygen atoms in total. The van der Waals surface area contributed by atoms with E-state index < -0.39 is 57.5 Å². The van der Waals surface area contributed by atoms with Crippen molar-refractivity contribution in [1.82, 2.24) is 0 Å². The van der Waals surface area contributed by atoms with Gasteiger partial charge in [-0.15, -0.1) is 0 Å². The quantitative estimate of drug-likeness (QED) is 0.167. The molecule has 2 fully saturated rings. The Kier molecular flexibility index (Phi) is 32.1. The molecule has 23 radical (unpaired) electrons. The molecule has 2 unspecified atom stereocenters. The van der Waals surface area contributed by atoms with Crippen molar-refractivity contribution < 1.29 is 33.4 Å². The lowest BCUT2D eigenvalue weighted by Crippen LogP contribution is -2.81. The minimum atomic E-state index is -0.879. The van der Waals surface area contributed by atoms with Crippen molar-refractivity contribution in [2.45, 2.75) is 77.8 Å². The fraction of sp³-hybridized carbons (Fsp3) is 0.471. The predicted molar refractivity (Wildman–Crippen MR) is 304 cm³/mol. The van der Waals surface area contributed by atoms with Crippen LogP contribution in [-0.2, 0) is 18.8 Å². The summed E-state index contributed by atoms with van der Waals surface area (Å²) in [5.74, 6) is 1.94. The molecule has 2 atom stereocenters. The number of para-hydroxylation sites is 3. The molecule has 0 aliphatic carbocycles. The highest BCUT2D eigenvalue weighted by Gasteiger charge is 2.45. The molecule has 3 aromatic rings. The molecular formula is C34H45B22Br2O7. The second kappa shape index (κ2) is 34.6. The van der Waals surface area contributed by atoms with Gasteiger partial charge < -0.3 is 33.4 Å². The van der Waals surface area contributed by atoms with E-state index in [1.165, 1.54) is 13.5 Å². The normalized spacial score (nSPS) is 15.0. The lowest BCUT2D eigenvalue weighted by Gasteiger charge is -2.43. The van der Waals surface area contributed by atoms with E-state index >= 15 is 0 Å². The summed E-state index contributed by atoms with van der Waals surface area (Å²) in [4.78, 5) is 0. The maximum absolute atomic E-state index is 8.87. The highest BCUT2D eigenvalue weighted by atomic mass is 79.9. The van der Waals surface area contributed by atoms with Gasteiger partial charge >= 0.3 is 7.12 Å². The van der Waals surface area contributed by atoms with Gasteiger partial charge in [0.1, 0.15) is 17.2 Å². The van der Waals surface area contributed by atoms with Gasteiger partial charge in [-0.3, -0.25) is 0 Å². The third-order valence-electron chi connectivity index (χ3n) is 10.4. The standard InChI is InChI=1S/C17H27BO4.C11H13BrO2.C6H5BrO.B21/c1-3-12-20-18(21-13-4-2)15-9-5-6-10-16(15)22-17-11-7-8-14-19-17;12-9-5-1-2-6-10(9)14-11-7-3-4-8-13-11;7-5-3-1-2-4-6(5)8;1-12-18(13(2)3)21(19(14(4)5)15(6)7)20(16(8)9)17(10)11/h5-6,9-10,17H,3-4,7-8,11-14H2,1-2H3;1-2,5-6,11H,3-4,7-8H2;1-4,8H;. The van der Waals surface area contributed by atoms with E-state index in [-0.39, 0.29) is 25.4 Å². The van der Waals surface area contributed by atoms with Crippen LogP contribution in [0.2, 0.25) is 0 Å². The molecule has 65 heavy (non-hydrogen) atoms. The first-order valence-electron chi connectivity index (χ1n) is 22.2. The van der Waals surface area contributed by atoms with Crippen molar-refractivity contribution in [3.8, 4) is 17.2 Å². The van der Waals surface area contributed by atoms with Crippen LogP contribution in [0.15, 0.2) is 81.7 Å². The number of hydrogen-bond acceptors (Lipinski definition) is 7. The largest absolute Gasteiger partial charge is 0.507 e. The van der Waals surface area contributed by atoms with Crippen molar-refractivity contribution in [1.29, 1.82) is 0 Å². The molecule has 2 saturated heterocycles. The highest BCUT2D eigenvalue weighted by molar-refractivity contribution is 9.11. The number of halogens is 2. The topological polar surface area (TPSA) is 75.6 Å². The van der Waals surface area contributed by atoms with Gasteiger partial charge in [0.05, 0.1) is 22.2 Å². The van der Waals surface area contributed by atoms with Gasteiger partial charge in [0.2, 0.25) is 0 Å². The molecule has 5 rings (SSSR count). The van der Waals surface area contributed by atoms with Crippen LogP contribution in [0.25, 0.3) is 0 Å². The summed E-state index contributed by atoms with van der Waals surface area (Å²) < 4.78 is 36.4. The van der Waals surface area contributed by atoms with Crippen LogP contribution in [0.4, 0.5) is 0 Å². The van der Waals surface area contributed by atoms with E-state index in [0.29, 0.717) is 13.2 Å². The summed E-state index contributed by atoms with van der Waals surface area (Å²) in [6.45, 7) is 7.11. The molecule has 1 N–H and O–H groups in total. The third kappa shape index (κ3) is 22.7. The molecule has 2 aliphatic rings. The SMILES string of the molecule is Brc1ccccc1OC1CCCCO1.CCCOB(OCCC)c1ccccc1OC1CCCCO1.Oc1ccccc1Br.[B][B]B(B([B])[B])B(B(B([B])[B])B([B])[B])B(B([B])[B])B([B])[B]. The molecule has 0 saturated carbocycles. The fourth-order valence-electron chi connectivity index (χ4n) is 7.17. The number of hydrogen-bond donors (Lipinski definition) is 1. The van der Waals surface area contributed by atoms with Gasteiger partial charge in [0.25, 0.3) is 0 Å². The monoisotopic (exact) mass is 965 g/mol.